The van der Waals surface area contributed by atoms with Crippen molar-refractivity contribution in [1.82, 2.24) is 0 Å². The Kier molecular flexibility index (Phi) is 5.19. The number of carbonyl (C=O) groups excluding carboxylic acids is 1. The van der Waals surface area contributed by atoms with E-state index in [9.17, 15) is 4.79 Å². The van der Waals surface area contributed by atoms with E-state index >= 15 is 0 Å². The molecule has 1 unspecified atom stereocenters. The van der Waals surface area contributed by atoms with Gasteiger partial charge < -0.3 is 15.8 Å². The van der Waals surface area contributed by atoms with Crippen molar-refractivity contribution in [3.8, 4) is 5.75 Å². The Hall–Kier alpha value is -2.59. The van der Waals surface area contributed by atoms with Gasteiger partial charge in [-0.2, -0.15) is 0 Å². The molecule has 2 aromatic rings. The number of benzene rings is 2. The lowest BCUT2D eigenvalue weighted by atomic mass is 9.92. The van der Waals surface area contributed by atoms with Crippen LogP contribution in [0.4, 0.5) is 5.69 Å². The van der Waals surface area contributed by atoms with Crippen molar-refractivity contribution in [2.24, 2.45) is 11.7 Å². The summed E-state index contributed by atoms with van der Waals surface area (Å²) in [5.74, 6) is 0.849. The molecule has 3 rings (SSSR count). The number of hydrogen-bond acceptors (Lipinski definition) is 3. The van der Waals surface area contributed by atoms with Crippen LogP contribution >= 0.6 is 0 Å². The second-order valence-corrected chi connectivity index (χ2v) is 6.45. The lowest BCUT2D eigenvalue weighted by Crippen LogP contribution is -2.18. The third-order valence-electron chi connectivity index (χ3n) is 4.57. The molecule has 0 heterocycles. The zero-order valence-electron chi connectivity index (χ0n) is 14.5. The number of rotatable bonds is 6. The first-order valence-electron chi connectivity index (χ1n) is 8.58. The maximum absolute atomic E-state index is 11.3. The Bertz CT molecular complexity index is 785. The number of fused-ring (bicyclic) bond motifs is 1. The fourth-order valence-electron chi connectivity index (χ4n) is 3.43. The fourth-order valence-corrected chi connectivity index (χ4v) is 3.43. The van der Waals surface area contributed by atoms with E-state index in [1.165, 1.54) is 18.1 Å². The highest BCUT2D eigenvalue weighted by Crippen LogP contribution is 2.43. The molecule has 0 bridgehead atoms. The minimum absolute atomic E-state index is 0.0807. The van der Waals surface area contributed by atoms with Crippen molar-refractivity contribution in [3.63, 3.8) is 0 Å². The quantitative estimate of drug-likeness (QED) is 0.788. The zero-order chi connectivity index (χ0) is 17.8. The second kappa shape index (κ2) is 7.53. The number of nitrogens with two attached hydrogens (primary N) is 1. The monoisotopic (exact) mass is 336 g/mol. The minimum atomic E-state index is -0.0995. The van der Waals surface area contributed by atoms with Gasteiger partial charge >= 0.3 is 0 Å². The van der Waals surface area contributed by atoms with Crippen LogP contribution in [0.1, 0.15) is 30.6 Å². The molecule has 0 aliphatic heterocycles. The van der Waals surface area contributed by atoms with E-state index in [2.05, 4.69) is 30.1 Å². The number of anilines is 1. The van der Waals surface area contributed by atoms with Crippen molar-refractivity contribution < 1.29 is 9.53 Å². The minimum Gasteiger partial charge on any atom is -0.485 e. The van der Waals surface area contributed by atoms with Crippen LogP contribution in [-0.4, -0.2) is 12.5 Å². The number of carbonyl (C=O) groups is 1. The third-order valence-corrected chi connectivity index (χ3v) is 4.57. The molecule has 0 saturated heterocycles. The Morgan fingerprint density at radius 1 is 1.28 bits per heavy atom. The summed E-state index contributed by atoms with van der Waals surface area (Å²) >= 11 is 0. The third kappa shape index (κ3) is 3.91. The van der Waals surface area contributed by atoms with Crippen molar-refractivity contribution in [3.05, 3.63) is 71.8 Å². The van der Waals surface area contributed by atoms with Crippen LogP contribution in [0.25, 0.3) is 0 Å². The van der Waals surface area contributed by atoms with Gasteiger partial charge in [0.15, 0.2) is 0 Å². The first kappa shape index (κ1) is 17.2. The Labute approximate surface area is 148 Å². The molecule has 1 aliphatic rings. The summed E-state index contributed by atoms with van der Waals surface area (Å²) < 4.78 is 6.35. The Morgan fingerprint density at radius 2 is 2.08 bits per heavy atom. The van der Waals surface area contributed by atoms with E-state index in [1.54, 1.807) is 0 Å². The number of nitrogens with one attached hydrogen (secondary N) is 1. The summed E-state index contributed by atoms with van der Waals surface area (Å²) in [6.07, 6.45) is 1.64. The summed E-state index contributed by atoms with van der Waals surface area (Å²) in [5, 5.41) is 2.79. The molecule has 2 aromatic carbocycles. The van der Waals surface area contributed by atoms with Crippen LogP contribution in [0.2, 0.25) is 0 Å². The highest BCUT2D eigenvalue weighted by atomic mass is 16.5. The van der Waals surface area contributed by atoms with Gasteiger partial charge in [0.25, 0.3) is 0 Å². The molecule has 130 valence electrons. The smallest absolute Gasteiger partial charge is 0.221 e. The zero-order valence-corrected chi connectivity index (χ0v) is 14.5. The van der Waals surface area contributed by atoms with Gasteiger partial charge in [-0.25, -0.2) is 0 Å². The molecule has 1 amide bonds. The SMILES string of the molecule is C=C(CCN)[C@H]1Cc2ccccc2C1Oc1cccc(NC(C)=O)c1. The molecular weight excluding hydrogens is 312 g/mol. The summed E-state index contributed by atoms with van der Waals surface area (Å²) in [4.78, 5) is 11.3. The van der Waals surface area contributed by atoms with Gasteiger partial charge in [-0.1, -0.05) is 42.5 Å². The van der Waals surface area contributed by atoms with Crippen LogP contribution in [-0.2, 0) is 11.2 Å². The van der Waals surface area contributed by atoms with Gasteiger partial charge in [-0.15, -0.1) is 0 Å². The van der Waals surface area contributed by atoms with E-state index < -0.39 is 0 Å². The first-order chi connectivity index (χ1) is 12.1. The van der Waals surface area contributed by atoms with Crippen molar-refractivity contribution >= 4 is 11.6 Å². The lowest BCUT2D eigenvalue weighted by Gasteiger charge is -2.24. The largest absolute Gasteiger partial charge is 0.485 e. The fraction of sp³-hybridized carbons (Fsp3) is 0.286. The molecule has 2 atom stereocenters. The maximum atomic E-state index is 11.3. The lowest BCUT2D eigenvalue weighted by molar-refractivity contribution is -0.114. The highest BCUT2D eigenvalue weighted by Gasteiger charge is 2.35. The molecule has 4 heteroatoms. The molecule has 0 saturated carbocycles. The van der Waals surface area contributed by atoms with E-state index in [-0.39, 0.29) is 17.9 Å². The van der Waals surface area contributed by atoms with E-state index in [4.69, 9.17) is 10.5 Å². The molecule has 1 aliphatic carbocycles. The van der Waals surface area contributed by atoms with Gasteiger partial charge in [0, 0.05) is 24.6 Å². The predicted molar refractivity (Wildman–Crippen MR) is 101 cm³/mol. The van der Waals surface area contributed by atoms with Gasteiger partial charge in [-0.3, -0.25) is 4.79 Å². The van der Waals surface area contributed by atoms with E-state index in [1.807, 2.05) is 30.3 Å². The average molecular weight is 336 g/mol. The first-order valence-corrected chi connectivity index (χ1v) is 8.58. The number of ether oxygens (including phenoxy) is 1. The van der Waals surface area contributed by atoms with Crippen molar-refractivity contribution in [1.29, 1.82) is 0 Å². The Morgan fingerprint density at radius 3 is 2.84 bits per heavy atom. The van der Waals surface area contributed by atoms with Crippen LogP contribution in [0.15, 0.2) is 60.7 Å². The molecule has 4 nitrogen and oxygen atoms in total. The average Bonchev–Trinajstić information content (AvgIpc) is 2.94. The van der Waals surface area contributed by atoms with Crippen LogP contribution in [0, 0.1) is 5.92 Å². The van der Waals surface area contributed by atoms with Crippen LogP contribution in [0.3, 0.4) is 0 Å². The molecule has 25 heavy (non-hydrogen) atoms. The number of hydrogen-bond donors (Lipinski definition) is 2. The van der Waals surface area contributed by atoms with Crippen molar-refractivity contribution in [2.75, 3.05) is 11.9 Å². The topological polar surface area (TPSA) is 64.3 Å². The summed E-state index contributed by atoms with van der Waals surface area (Å²) in [5.41, 5.74) is 10.1. The van der Waals surface area contributed by atoms with Gasteiger partial charge in [0.05, 0.1) is 0 Å². The van der Waals surface area contributed by atoms with E-state index in [0.29, 0.717) is 6.54 Å². The second-order valence-electron chi connectivity index (χ2n) is 6.45. The molecular formula is C21H24N2O2. The number of amides is 1. The van der Waals surface area contributed by atoms with Gasteiger partial charge in [-0.05, 0) is 42.6 Å². The van der Waals surface area contributed by atoms with Crippen LogP contribution in [0.5, 0.6) is 5.75 Å². The standard InChI is InChI=1S/C21H24N2O2/c1-14(10-11-22)20-12-16-6-3-4-9-19(16)21(20)25-18-8-5-7-17(13-18)23-15(2)24/h3-9,13,20-21H,1,10-12,22H2,2H3,(H,23,24)/t20-,21?/m1/s1. The Balaban J connectivity index is 1.87. The molecule has 0 fully saturated rings. The molecule has 0 radical (unpaired) electrons. The summed E-state index contributed by atoms with van der Waals surface area (Å²) in [6, 6.07) is 15.9. The van der Waals surface area contributed by atoms with E-state index in [0.717, 1.165) is 29.9 Å². The van der Waals surface area contributed by atoms with Gasteiger partial charge in [0.1, 0.15) is 11.9 Å². The highest BCUT2D eigenvalue weighted by molar-refractivity contribution is 5.88. The van der Waals surface area contributed by atoms with Crippen molar-refractivity contribution in [2.45, 2.75) is 25.9 Å². The maximum Gasteiger partial charge on any atom is 0.221 e. The summed E-state index contributed by atoms with van der Waals surface area (Å²) in [6.45, 7) is 6.33. The molecule has 0 spiro atoms. The molecule has 3 N–H and O–H groups in total. The van der Waals surface area contributed by atoms with Crippen LogP contribution < -0.4 is 15.8 Å². The normalized spacial score (nSPS) is 18.5. The van der Waals surface area contributed by atoms with Gasteiger partial charge in [0.2, 0.25) is 5.91 Å². The molecule has 0 aromatic heterocycles. The predicted octanol–water partition coefficient (Wildman–Crippen LogP) is 3.84. The summed E-state index contributed by atoms with van der Waals surface area (Å²) in [7, 11) is 0.